The van der Waals surface area contributed by atoms with E-state index < -0.39 is 0 Å². The predicted octanol–water partition coefficient (Wildman–Crippen LogP) is 3.67. The number of nitrogens with zero attached hydrogens (tertiary/aromatic N) is 2. The summed E-state index contributed by atoms with van der Waals surface area (Å²) >= 11 is 0. The van der Waals surface area contributed by atoms with E-state index in [1.165, 1.54) is 0 Å². The molecule has 142 valence electrons. The number of hydrogen-bond acceptors (Lipinski definition) is 4. The molecule has 0 spiro atoms. The maximum atomic E-state index is 12.5. The molecule has 6 heteroatoms. The van der Waals surface area contributed by atoms with Gasteiger partial charge in [0, 0.05) is 43.6 Å². The summed E-state index contributed by atoms with van der Waals surface area (Å²) in [6.45, 7) is 0.728. The highest BCUT2D eigenvalue weighted by Gasteiger charge is 2.27. The molecule has 1 aromatic heterocycles. The van der Waals surface area contributed by atoms with Crippen LogP contribution in [-0.4, -0.2) is 35.6 Å². The molecule has 2 aromatic rings. The first kappa shape index (κ1) is 20.5. The van der Waals surface area contributed by atoms with E-state index in [9.17, 15) is 4.79 Å². The number of aryl methyl sites for hydroxylation is 1. The van der Waals surface area contributed by atoms with Crippen LogP contribution in [0.1, 0.15) is 37.9 Å². The monoisotopic (exact) mass is 377 g/mol. The molecule has 1 fully saturated rings. The lowest BCUT2D eigenvalue weighted by atomic mass is 9.85. The molecule has 26 heavy (non-hydrogen) atoms. The molecule has 1 aromatic carbocycles. The molecule has 1 saturated carbocycles. The van der Waals surface area contributed by atoms with Gasteiger partial charge >= 0.3 is 0 Å². The van der Waals surface area contributed by atoms with Crippen molar-refractivity contribution in [2.24, 2.45) is 11.7 Å². The van der Waals surface area contributed by atoms with Gasteiger partial charge in [-0.1, -0.05) is 41.9 Å². The first-order valence-electron chi connectivity index (χ1n) is 9.15. The van der Waals surface area contributed by atoms with Gasteiger partial charge in [0.05, 0.1) is 0 Å². The molecule has 2 atom stereocenters. The number of amides is 1. The summed E-state index contributed by atoms with van der Waals surface area (Å²) in [7, 11) is 1.89. The van der Waals surface area contributed by atoms with Crippen LogP contribution in [0.5, 0.6) is 0 Å². The van der Waals surface area contributed by atoms with Crippen molar-refractivity contribution >= 4 is 18.3 Å². The van der Waals surface area contributed by atoms with Gasteiger partial charge in [-0.25, -0.2) is 0 Å². The molecule has 2 unspecified atom stereocenters. The number of aromatic nitrogens is 1. The average Bonchev–Trinajstić information content (AvgIpc) is 3.10. The molecule has 0 bridgehead atoms. The third-order valence-corrected chi connectivity index (χ3v) is 4.99. The van der Waals surface area contributed by atoms with Gasteiger partial charge in [0.15, 0.2) is 0 Å². The summed E-state index contributed by atoms with van der Waals surface area (Å²) in [4.78, 5) is 14.4. The number of halogens is 1. The molecule has 5 nitrogen and oxygen atoms in total. The number of benzene rings is 1. The SMILES string of the molecule is CN(CCCc1cc(-c2ccccc2)no1)C(=O)C1CCCC(N)C1.Cl. The lowest BCUT2D eigenvalue weighted by Gasteiger charge is -2.29. The van der Waals surface area contributed by atoms with E-state index in [1.54, 1.807) is 0 Å². The third-order valence-electron chi connectivity index (χ3n) is 4.99. The van der Waals surface area contributed by atoms with Gasteiger partial charge in [-0.2, -0.15) is 0 Å². The van der Waals surface area contributed by atoms with Crippen molar-refractivity contribution in [1.29, 1.82) is 0 Å². The van der Waals surface area contributed by atoms with Crippen LogP contribution < -0.4 is 5.73 Å². The molecular weight excluding hydrogens is 350 g/mol. The van der Waals surface area contributed by atoms with Gasteiger partial charge in [0.25, 0.3) is 0 Å². The van der Waals surface area contributed by atoms with Crippen molar-refractivity contribution in [3.05, 3.63) is 42.2 Å². The van der Waals surface area contributed by atoms with E-state index in [2.05, 4.69) is 5.16 Å². The summed E-state index contributed by atoms with van der Waals surface area (Å²) in [5.41, 5.74) is 7.91. The number of hydrogen-bond donors (Lipinski definition) is 1. The largest absolute Gasteiger partial charge is 0.361 e. The van der Waals surface area contributed by atoms with Crippen LogP contribution in [0.15, 0.2) is 40.9 Å². The van der Waals surface area contributed by atoms with Crippen molar-refractivity contribution in [3.8, 4) is 11.3 Å². The highest BCUT2D eigenvalue weighted by molar-refractivity contribution is 5.85. The van der Waals surface area contributed by atoms with Crippen LogP contribution in [-0.2, 0) is 11.2 Å². The van der Waals surface area contributed by atoms with E-state index in [0.29, 0.717) is 0 Å². The quantitative estimate of drug-likeness (QED) is 0.833. The fraction of sp³-hybridized carbons (Fsp3) is 0.500. The van der Waals surface area contributed by atoms with E-state index >= 15 is 0 Å². The number of carbonyl (C=O) groups excluding carboxylic acids is 1. The Kier molecular flexibility index (Phi) is 7.66. The zero-order valence-corrected chi connectivity index (χ0v) is 16.1. The molecule has 0 aliphatic heterocycles. The number of rotatable bonds is 6. The van der Waals surface area contributed by atoms with E-state index in [-0.39, 0.29) is 30.3 Å². The van der Waals surface area contributed by atoms with Crippen LogP contribution in [0.4, 0.5) is 0 Å². The first-order chi connectivity index (χ1) is 12.1. The molecule has 0 saturated heterocycles. The van der Waals surface area contributed by atoms with Gasteiger partial charge in [0.2, 0.25) is 5.91 Å². The Labute approximate surface area is 161 Å². The number of carbonyl (C=O) groups is 1. The standard InChI is InChI=1S/C20H27N3O2.ClH/c1-23(20(24)16-9-5-10-17(21)13-16)12-6-11-18-14-19(22-25-18)15-7-3-2-4-8-15;/h2-4,7-8,14,16-17H,5-6,9-13,21H2,1H3;1H. The highest BCUT2D eigenvalue weighted by atomic mass is 35.5. The van der Waals surface area contributed by atoms with Crippen molar-refractivity contribution in [1.82, 2.24) is 10.1 Å². The Morgan fingerprint density at radius 3 is 2.81 bits per heavy atom. The van der Waals surface area contributed by atoms with Crippen LogP contribution >= 0.6 is 12.4 Å². The molecule has 1 heterocycles. The fourth-order valence-electron chi connectivity index (χ4n) is 3.54. The Morgan fingerprint density at radius 2 is 2.08 bits per heavy atom. The summed E-state index contributed by atoms with van der Waals surface area (Å²) in [5.74, 6) is 1.20. The molecule has 1 aliphatic rings. The van der Waals surface area contributed by atoms with Crippen molar-refractivity contribution < 1.29 is 9.32 Å². The molecular formula is C20H28ClN3O2. The van der Waals surface area contributed by atoms with Crippen molar-refractivity contribution in [2.75, 3.05) is 13.6 Å². The van der Waals surface area contributed by atoms with E-state index in [4.69, 9.17) is 10.3 Å². The second kappa shape index (κ2) is 9.74. The fourth-order valence-corrected chi connectivity index (χ4v) is 3.54. The van der Waals surface area contributed by atoms with E-state index in [0.717, 1.165) is 62.1 Å². The summed E-state index contributed by atoms with van der Waals surface area (Å²) in [5, 5.41) is 4.13. The maximum Gasteiger partial charge on any atom is 0.225 e. The van der Waals surface area contributed by atoms with Crippen molar-refractivity contribution in [2.45, 2.75) is 44.6 Å². The zero-order valence-electron chi connectivity index (χ0n) is 15.3. The average molecular weight is 378 g/mol. The second-order valence-corrected chi connectivity index (χ2v) is 7.03. The normalized spacial score (nSPS) is 19.6. The number of nitrogens with two attached hydrogens (primary N) is 1. The minimum absolute atomic E-state index is 0. The summed E-state index contributed by atoms with van der Waals surface area (Å²) < 4.78 is 5.42. The minimum atomic E-state index is 0. The highest BCUT2D eigenvalue weighted by Crippen LogP contribution is 2.25. The van der Waals surface area contributed by atoms with Gasteiger partial charge in [0.1, 0.15) is 11.5 Å². The zero-order chi connectivity index (χ0) is 17.6. The van der Waals surface area contributed by atoms with Crippen LogP contribution in [0.3, 0.4) is 0 Å². The Balaban J connectivity index is 0.00000243. The molecule has 1 amide bonds. The maximum absolute atomic E-state index is 12.5. The lowest BCUT2D eigenvalue weighted by molar-refractivity contribution is -0.135. The molecule has 2 N–H and O–H groups in total. The minimum Gasteiger partial charge on any atom is -0.361 e. The second-order valence-electron chi connectivity index (χ2n) is 7.03. The third kappa shape index (κ3) is 5.32. The van der Waals surface area contributed by atoms with Gasteiger partial charge in [-0.05, 0) is 25.7 Å². The van der Waals surface area contributed by atoms with Gasteiger partial charge in [-0.3, -0.25) is 4.79 Å². The Hall–Kier alpha value is -1.85. The molecule has 1 aliphatic carbocycles. The molecule has 0 radical (unpaired) electrons. The first-order valence-corrected chi connectivity index (χ1v) is 9.15. The van der Waals surface area contributed by atoms with Crippen LogP contribution in [0, 0.1) is 5.92 Å². The van der Waals surface area contributed by atoms with Gasteiger partial charge < -0.3 is 15.2 Å². The predicted molar refractivity (Wildman–Crippen MR) is 105 cm³/mol. The summed E-state index contributed by atoms with van der Waals surface area (Å²) in [6.07, 6.45) is 5.55. The van der Waals surface area contributed by atoms with Crippen molar-refractivity contribution in [3.63, 3.8) is 0 Å². The van der Waals surface area contributed by atoms with E-state index in [1.807, 2.05) is 48.3 Å². The Bertz CT molecular complexity index is 689. The molecule has 3 rings (SSSR count). The summed E-state index contributed by atoms with van der Waals surface area (Å²) in [6, 6.07) is 12.2. The van der Waals surface area contributed by atoms with Crippen LogP contribution in [0.25, 0.3) is 11.3 Å². The topological polar surface area (TPSA) is 72.4 Å². The Morgan fingerprint density at radius 1 is 1.31 bits per heavy atom. The van der Waals surface area contributed by atoms with Gasteiger partial charge in [-0.15, -0.1) is 12.4 Å². The lowest BCUT2D eigenvalue weighted by Crippen LogP contribution is -2.39. The smallest absolute Gasteiger partial charge is 0.225 e. The van der Waals surface area contributed by atoms with Crippen LogP contribution in [0.2, 0.25) is 0 Å².